The summed E-state index contributed by atoms with van der Waals surface area (Å²) in [6, 6.07) is 0. The molecule has 0 bridgehead atoms. The van der Waals surface area contributed by atoms with Crippen molar-refractivity contribution in [1.82, 2.24) is 5.32 Å². The van der Waals surface area contributed by atoms with Crippen LogP contribution in [0.15, 0.2) is 0 Å². The lowest BCUT2D eigenvalue weighted by molar-refractivity contribution is -0.138. The molecule has 0 radical (unpaired) electrons. The molecule has 0 spiro atoms. The lowest BCUT2D eigenvalue weighted by Gasteiger charge is -2.05. The van der Waals surface area contributed by atoms with Crippen molar-refractivity contribution >= 4 is 17.8 Å². The molecule has 0 aromatic rings. The summed E-state index contributed by atoms with van der Waals surface area (Å²) < 4.78 is 0. The van der Waals surface area contributed by atoms with Gasteiger partial charge in [0.15, 0.2) is 0 Å². The fourth-order valence-electron chi connectivity index (χ4n) is 2.18. The normalized spacial score (nSPS) is 10.4. The molecule has 6 heteroatoms. The number of hydrogen-bond acceptors (Lipinski definition) is 3. The van der Waals surface area contributed by atoms with Crippen LogP contribution in [0.2, 0.25) is 0 Å². The number of carbonyl (C=O) groups is 3. The SMILES string of the molecule is O=C(O)CCCCCCCCCCNC(=O)CCCC(=O)O. The summed E-state index contributed by atoms with van der Waals surface area (Å²) in [6.45, 7) is 0.657. The van der Waals surface area contributed by atoms with Gasteiger partial charge < -0.3 is 15.5 Å². The maximum Gasteiger partial charge on any atom is 0.303 e. The second kappa shape index (κ2) is 14.4. The molecular formula is C16H29NO5. The zero-order valence-corrected chi connectivity index (χ0v) is 13.3. The van der Waals surface area contributed by atoms with Crippen molar-refractivity contribution in [3.8, 4) is 0 Å². The zero-order valence-electron chi connectivity index (χ0n) is 13.3. The third-order valence-corrected chi connectivity index (χ3v) is 3.43. The Labute approximate surface area is 132 Å². The Kier molecular flexibility index (Phi) is 13.3. The number of carbonyl (C=O) groups excluding carboxylic acids is 1. The van der Waals surface area contributed by atoms with Gasteiger partial charge in [0, 0.05) is 25.8 Å². The van der Waals surface area contributed by atoms with Gasteiger partial charge in [0.1, 0.15) is 0 Å². The fourth-order valence-corrected chi connectivity index (χ4v) is 2.18. The highest BCUT2D eigenvalue weighted by atomic mass is 16.4. The van der Waals surface area contributed by atoms with Gasteiger partial charge in [0.25, 0.3) is 0 Å². The second-order valence-corrected chi connectivity index (χ2v) is 5.57. The minimum absolute atomic E-state index is 0.0416. The average molecular weight is 315 g/mol. The maximum absolute atomic E-state index is 11.4. The third-order valence-electron chi connectivity index (χ3n) is 3.43. The number of hydrogen-bond donors (Lipinski definition) is 3. The minimum atomic E-state index is -0.865. The Morgan fingerprint density at radius 2 is 1.05 bits per heavy atom. The number of rotatable bonds is 15. The summed E-state index contributed by atoms with van der Waals surface area (Å²) in [6.07, 6.45) is 9.27. The van der Waals surface area contributed by atoms with Gasteiger partial charge in [-0.2, -0.15) is 0 Å². The van der Waals surface area contributed by atoms with Crippen molar-refractivity contribution in [3.63, 3.8) is 0 Å². The van der Waals surface area contributed by atoms with Crippen molar-refractivity contribution in [1.29, 1.82) is 0 Å². The minimum Gasteiger partial charge on any atom is -0.481 e. The van der Waals surface area contributed by atoms with Crippen LogP contribution in [0.3, 0.4) is 0 Å². The molecule has 0 rings (SSSR count). The molecule has 22 heavy (non-hydrogen) atoms. The van der Waals surface area contributed by atoms with Crippen LogP contribution in [0.4, 0.5) is 0 Å². The van der Waals surface area contributed by atoms with E-state index in [1.54, 1.807) is 0 Å². The smallest absolute Gasteiger partial charge is 0.303 e. The molecular weight excluding hydrogens is 286 g/mol. The maximum atomic E-state index is 11.4. The van der Waals surface area contributed by atoms with Gasteiger partial charge in [-0.15, -0.1) is 0 Å². The van der Waals surface area contributed by atoms with Crippen LogP contribution in [-0.4, -0.2) is 34.6 Å². The van der Waals surface area contributed by atoms with Crippen LogP contribution in [-0.2, 0) is 14.4 Å². The van der Waals surface area contributed by atoms with E-state index in [0.717, 1.165) is 51.4 Å². The third kappa shape index (κ3) is 16.5. The van der Waals surface area contributed by atoms with Crippen LogP contribution in [0.5, 0.6) is 0 Å². The van der Waals surface area contributed by atoms with Crippen LogP contribution in [0, 0.1) is 0 Å². The van der Waals surface area contributed by atoms with Gasteiger partial charge in [0.05, 0.1) is 0 Å². The monoisotopic (exact) mass is 315 g/mol. The highest BCUT2D eigenvalue weighted by Crippen LogP contribution is 2.09. The predicted octanol–water partition coefficient (Wildman–Crippen LogP) is 2.95. The molecule has 0 saturated carbocycles. The van der Waals surface area contributed by atoms with Crippen molar-refractivity contribution < 1.29 is 24.6 Å². The summed E-state index contributed by atoms with van der Waals surface area (Å²) >= 11 is 0. The van der Waals surface area contributed by atoms with Gasteiger partial charge >= 0.3 is 11.9 Å². The number of nitrogens with one attached hydrogen (secondary N) is 1. The van der Waals surface area contributed by atoms with Crippen LogP contribution in [0.25, 0.3) is 0 Å². The number of carboxylic acid groups (broad SMARTS) is 2. The highest BCUT2D eigenvalue weighted by Gasteiger charge is 2.03. The standard InChI is InChI=1S/C16H29NO5/c18-14(10-9-12-16(21)22)17-13-8-6-4-2-1-3-5-7-11-15(19)20/h1-13H2,(H,17,18)(H,19,20)(H,21,22). The molecule has 0 aromatic heterocycles. The first-order valence-corrected chi connectivity index (χ1v) is 8.22. The van der Waals surface area contributed by atoms with E-state index < -0.39 is 11.9 Å². The summed E-state index contributed by atoms with van der Waals surface area (Å²) in [4.78, 5) is 32.0. The van der Waals surface area contributed by atoms with Gasteiger partial charge in [-0.3, -0.25) is 14.4 Å². The van der Waals surface area contributed by atoms with E-state index in [9.17, 15) is 14.4 Å². The summed E-state index contributed by atoms with van der Waals surface area (Å²) in [5.74, 6) is -1.65. The van der Waals surface area contributed by atoms with E-state index in [-0.39, 0.29) is 25.2 Å². The Balaban J connectivity index is 3.18. The lowest BCUT2D eigenvalue weighted by Crippen LogP contribution is -2.24. The number of unbranched alkanes of at least 4 members (excludes halogenated alkanes) is 7. The second-order valence-electron chi connectivity index (χ2n) is 5.57. The van der Waals surface area contributed by atoms with E-state index >= 15 is 0 Å². The first-order valence-electron chi connectivity index (χ1n) is 8.22. The molecule has 0 atom stereocenters. The molecule has 0 aliphatic heterocycles. The van der Waals surface area contributed by atoms with Gasteiger partial charge in [0.2, 0.25) is 5.91 Å². The van der Waals surface area contributed by atoms with Gasteiger partial charge in [-0.25, -0.2) is 0 Å². The van der Waals surface area contributed by atoms with Crippen molar-refractivity contribution in [2.45, 2.75) is 77.0 Å². The summed E-state index contributed by atoms with van der Waals surface area (Å²) in [5.41, 5.74) is 0. The van der Waals surface area contributed by atoms with Crippen molar-refractivity contribution in [2.24, 2.45) is 0 Å². The van der Waals surface area contributed by atoms with Crippen molar-refractivity contribution in [3.05, 3.63) is 0 Å². The van der Waals surface area contributed by atoms with E-state index in [1.807, 2.05) is 0 Å². The molecule has 0 aromatic carbocycles. The molecule has 1 amide bonds. The Morgan fingerprint density at radius 1 is 0.591 bits per heavy atom. The van der Waals surface area contributed by atoms with E-state index in [2.05, 4.69) is 5.32 Å². The largest absolute Gasteiger partial charge is 0.481 e. The van der Waals surface area contributed by atoms with Crippen LogP contribution >= 0.6 is 0 Å². The highest BCUT2D eigenvalue weighted by molar-refractivity contribution is 5.76. The molecule has 0 unspecified atom stereocenters. The fraction of sp³-hybridized carbons (Fsp3) is 0.812. The first-order chi connectivity index (χ1) is 10.5. The molecule has 6 nitrogen and oxygen atoms in total. The summed E-state index contributed by atoms with van der Waals surface area (Å²) in [7, 11) is 0. The Bertz CT molecular complexity index is 330. The van der Waals surface area contributed by atoms with E-state index in [0.29, 0.717) is 13.0 Å². The number of aliphatic carboxylic acids is 2. The topological polar surface area (TPSA) is 104 Å². The molecule has 0 fully saturated rings. The first kappa shape index (κ1) is 20.4. The average Bonchev–Trinajstić information content (AvgIpc) is 2.44. The lowest BCUT2D eigenvalue weighted by atomic mass is 10.1. The molecule has 0 aliphatic rings. The molecule has 3 N–H and O–H groups in total. The molecule has 128 valence electrons. The van der Waals surface area contributed by atoms with Crippen molar-refractivity contribution in [2.75, 3.05) is 6.54 Å². The zero-order chi connectivity index (χ0) is 16.6. The number of carboxylic acids is 2. The van der Waals surface area contributed by atoms with Gasteiger partial charge in [-0.05, 0) is 19.3 Å². The van der Waals surface area contributed by atoms with E-state index in [1.165, 1.54) is 0 Å². The van der Waals surface area contributed by atoms with Crippen LogP contribution < -0.4 is 5.32 Å². The van der Waals surface area contributed by atoms with E-state index in [4.69, 9.17) is 10.2 Å². The summed E-state index contributed by atoms with van der Waals surface area (Å²) in [5, 5.41) is 19.7. The quantitative estimate of drug-likeness (QED) is 0.403. The molecule has 0 aliphatic carbocycles. The molecule has 0 heterocycles. The molecule has 0 saturated heterocycles. The Morgan fingerprint density at radius 3 is 1.59 bits per heavy atom. The Hall–Kier alpha value is -1.59. The number of amides is 1. The predicted molar refractivity (Wildman–Crippen MR) is 83.7 cm³/mol. The van der Waals surface area contributed by atoms with Crippen LogP contribution in [0.1, 0.15) is 77.0 Å². The van der Waals surface area contributed by atoms with Gasteiger partial charge in [-0.1, -0.05) is 38.5 Å².